The Balaban J connectivity index is 1.46. The summed E-state index contributed by atoms with van der Waals surface area (Å²) in [4.78, 5) is 0. The Bertz CT molecular complexity index is 745. The second-order valence-electron chi connectivity index (χ2n) is 8.29. The smallest absolute Gasteiger partial charge is 0.455 e. The molecule has 0 spiro atoms. The number of ether oxygens (including phenoxy) is 2. The molecule has 6 nitrogen and oxygen atoms in total. The third-order valence-electron chi connectivity index (χ3n) is 5.54. The predicted octanol–water partition coefficient (Wildman–Crippen LogP) is 7.64. The van der Waals surface area contributed by atoms with Crippen LogP contribution >= 0.6 is 7.82 Å². The number of phosphoric acid groups is 1. The van der Waals surface area contributed by atoms with Crippen molar-refractivity contribution in [3.8, 4) is 5.75 Å². The molecule has 2 bridgehead atoms. The molecule has 0 radical (unpaired) electrons. The van der Waals surface area contributed by atoms with E-state index in [4.69, 9.17) is 23.0 Å². The van der Waals surface area contributed by atoms with Gasteiger partial charge in [0, 0.05) is 6.42 Å². The minimum Gasteiger partial charge on any atom is -0.455 e. The Labute approximate surface area is 186 Å². The molecular formula is C24H37O6P. The molecule has 2 heterocycles. The highest BCUT2D eigenvalue weighted by Gasteiger charge is 2.49. The van der Waals surface area contributed by atoms with Gasteiger partial charge in [-0.3, -0.25) is 4.52 Å². The summed E-state index contributed by atoms with van der Waals surface area (Å²) in [7, 11) is -3.49. The Morgan fingerprint density at radius 1 is 0.871 bits per heavy atom. The van der Waals surface area contributed by atoms with Crippen LogP contribution in [0.15, 0.2) is 36.0 Å². The van der Waals surface area contributed by atoms with E-state index in [2.05, 4.69) is 26.0 Å². The summed E-state index contributed by atoms with van der Waals surface area (Å²) in [6.07, 6.45) is 13.7. The minimum absolute atomic E-state index is 0.113. The summed E-state index contributed by atoms with van der Waals surface area (Å²) in [6.45, 7) is 4.52. The number of fused-ring (bicyclic) bond motifs is 2. The van der Waals surface area contributed by atoms with Crippen molar-refractivity contribution in [3.05, 3.63) is 41.5 Å². The fourth-order valence-electron chi connectivity index (χ4n) is 3.70. The lowest BCUT2D eigenvalue weighted by atomic mass is 10.0. The molecule has 7 heteroatoms. The molecular weight excluding hydrogens is 415 g/mol. The predicted molar refractivity (Wildman–Crippen MR) is 121 cm³/mol. The highest BCUT2D eigenvalue weighted by atomic mass is 31.2. The number of aryl methyl sites for hydroxylation is 1. The van der Waals surface area contributed by atoms with Crippen LogP contribution in [-0.4, -0.2) is 12.9 Å². The Kier molecular flexibility index (Phi) is 9.60. The molecule has 1 aromatic rings. The number of unbranched alkanes of at least 4 members (excludes halogenated alkanes) is 8. The minimum atomic E-state index is -3.49. The van der Waals surface area contributed by atoms with Crippen molar-refractivity contribution in [2.24, 2.45) is 0 Å². The van der Waals surface area contributed by atoms with Gasteiger partial charge in [-0.2, -0.15) is 0 Å². The summed E-state index contributed by atoms with van der Waals surface area (Å²) < 4.78 is 39.3. The van der Waals surface area contributed by atoms with Gasteiger partial charge in [0.25, 0.3) is 0 Å². The first-order valence-electron chi connectivity index (χ1n) is 11.9. The van der Waals surface area contributed by atoms with E-state index in [0.717, 1.165) is 31.4 Å². The van der Waals surface area contributed by atoms with Crippen LogP contribution in [0.1, 0.15) is 90.0 Å². The Hall–Kier alpha value is -1.65. The van der Waals surface area contributed by atoms with Crippen molar-refractivity contribution in [1.82, 2.24) is 0 Å². The standard InChI is InChI=1S/C24H37O6P/c1-3-5-7-8-9-10-12-13-20-15-17-21(18-16-20)27-23(14-11-6-4-2)28-24-22-19-26-31(25,29-22)30-24/h15-18,23H,3-14,19H2,1-2H3. The van der Waals surface area contributed by atoms with Crippen molar-refractivity contribution in [3.63, 3.8) is 0 Å². The van der Waals surface area contributed by atoms with Crippen LogP contribution < -0.4 is 4.74 Å². The average molecular weight is 453 g/mol. The van der Waals surface area contributed by atoms with Crippen molar-refractivity contribution in [2.45, 2.75) is 97.2 Å². The van der Waals surface area contributed by atoms with Crippen LogP contribution in [0.3, 0.4) is 0 Å². The molecule has 0 N–H and O–H groups in total. The third kappa shape index (κ3) is 7.76. The highest BCUT2D eigenvalue weighted by Crippen LogP contribution is 2.63. The van der Waals surface area contributed by atoms with Gasteiger partial charge in [-0.05, 0) is 37.0 Å². The number of benzene rings is 1. The van der Waals surface area contributed by atoms with Crippen molar-refractivity contribution >= 4 is 7.82 Å². The van der Waals surface area contributed by atoms with Gasteiger partial charge in [-0.1, -0.05) is 77.3 Å². The third-order valence-corrected chi connectivity index (χ3v) is 6.82. The second-order valence-corrected chi connectivity index (χ2v) is 9.81. The lowest BCUT2D eigenvalue weighted by molar-refractivity contribution is -0.0860. The molecule has 2 unspecified atom stereocenters. The number of rotatable bonds is 16. The van der Waals surface area contributed by atoms with Crippen molar-refractivity contribution in [1.29, 1.82) is 0 Å². The molecule has 0 aromatic heterocycles. The summed E-state index contributed by atoms with van der Waals surface area (Å²) in [5, 5.41) is 0. The largest absolute Gasteiger partial charge is 0.590 e. The van der Waals surface area contributed by atoms with E-state index in [-0.39, 0.29) is 12.6 Å². The zero-order valence-corrected chi connectivity index (χ0v) is 19.9. The summed E-state index contributed by atoms with van der Waals surface area (Å²) in [6, 6.07) is 8.24. The Morgan fingerprint density at radius 3 is 2.19 bits per heavy atom. The molecule has 1 aromatic carbocycles. The fraction of sp³-hybridized carbons (Fsp3) is 0.667. The zero-order valence-electron chi connectivity index (χ0n) is 19.0. The van der Waals surface area contributed by atoms with Gasteiger partial charge in [-0.25, -0.2) is 4.57 Å². The average Bonchev–Trinajstić information content (AvgIpc) is 3.30. The lowest BCUT2D eigenvalue weighted by Crippen LogP contribution is -2.21. The molecule has 0 aliphatic carbocycles. The normalized spacial score (nSPS) is 20.5. The van der Waals surface area contributed by atoms with Crippen LogP contribution in [0.2, 0.25) is 0 Å². The highest BCUT2D eigenvalue weighted by molar-refractivity contribution is 7.49. The maximum atomic E-state index is 12.0. The SMILES string of the molecule is CCCCCCCCCc1ccc(OC(CCCCC)OC2=C3COP(=O)(O3)O2)cc1. The molecule has 31 heavy (non-hydrogen) atoms. The first kappa shape index (κ1) is 24.0. The second kappa shape index (κ2) is 12.4. The van der Waals surface area contributed by atoms with Crippen LogP contribution in [0, 0.1) is 0 Å². The first-order valence-corrected chi connectivity index (χ1v) is 13.4. The molecule has 0 amide bonds. The van der Waals surface area contributed by atoms with E-state index in [1.165, 1.54) is 50.5 Å². The summed E-state index contributed by atoms with van der Waals surface area (Å²) in [5.74, 6) is 1.23. The molecule has 2 atom stereocenters. The van der Waals surface area contributed by atoms with Gasteiger partial charge < -0.3 is 18.5 Å². The molecule has 1 fully saturated rings. The van der Waals surface area contributed by atoms with Gasteiger partial charge in [0.2, 0.25) is 12.0 Å². The number of hydrogen-bond donors (Lipinski definition) is 0. The molecule has 2 aliphatic heterocycles. The lowest BCUT2D eigenvalue weighted by Gasteiger charge is -2.21. The topological polar surface area (TPSA) is 63.2 Å². The molecule has 1 saturated heterocycles. The van der Waals surface area contributed by atoms with Crippen LogP contribution in [0.5, 0.6) is 5.75 Å². The van der Waals surface area contributed by atoms with Gasteiger partial charge in [0.1, 0.15) is 12.4 Å². The monoisotopic (exact) mass is 452 g/mol. The van der Waals surface area contributed by atoms with Gasteiger partial charge >= 0.3 is 13.8 Å². The van der Waals surface area contributed by atoms with Crippen LogP contribution in [0.4, 0.5) is 0 Å². The van der Waals surface area contributed by atoms with Crippen LogP contribution in [0.25, 0.3) is 0 Å². The molecule has 3 rings (SSSR count). The number of phosphoric ester groups is 1. The maximum absolute atomic E-state index is 12.0. The first-order chi connectivity index (χ1) is 15.1. The van der Waals surface area contributed by atoms with E-state index >= 15 is 0 Å². The van der Waals surface area contributed by atoms with Crippen LogP contribution in [-0.2, 0) is 29.3 Å². The van der Waals surface area contributed by atoms with Crippen molar-refractivity contribution < 1.29 is 27.6 Å². The van der Waals surface area contributed by atoms with E-state index < -0.39 is 14.1 Å². The van der Waals surface area contributed by atoms with E-state index in [0.29, 0.717) is 12.2 Å². The van der Waals surface area contributed by atoms with E-state index in [1.807, 2.05) is 12.1 Å². The summed E-state index contributed by atoms with van der Waals surface area (Å²) in [5.41, 5.74) is 1.33. The van der Waals surface area contributed by atoms with Gasteiger partial charge in [0.05, 0.1) is 0 Å². The quantitative estimate of drug-likeness (QED) is 0.146. The van der Waals surface area contributed by atoms with E-state index in [9.17, 15) is 4.57 Å². The van der Waals surface area contributed by atoms with Gasteiger partial charge in [-0.15, -0.1) is 0 Å². The zero-order chi connectivity index (χ0) is 21.9. The molecule has 174 valence electrons. The number of hydrogen-bond acceptors (Lipinski definition) is 6. The van der Waals surface area contributed by atoms with E-state index in [1.54, 1.807) is 0 Å². The maximum Gasteiger partial charge on any atom is 0.590 e. The van der Waals surface area contributed by atoms with Gasteiger partial charge in [0.15, 0.2) is 0 Å². The Morgan fingerprint density at radius 2 is 1.55 bits per heavy atom. The van der Waals surface area contributed by atoms with Crippen molar-refractivity contribution in [2.75, 3.05) is 6.61 Å². The summed E-state index contributed by atoms with van der Waals surface area (Å²) >= 11 is 0. The molecule has 2 aliphatic rings. The molecule has 0 saturated carbocycles. The fourth-order valence-corrected chi connectivity index (χ4v) is 4.86.